The Morgan fingerprint density at radius 2 is 1.87 bits per heavy atom. The fourth-order valence-electron chi connectivity index (χ4n) is 4.62. The van der Waals surface area contributed by atoms with Crippen LogP contribution in [0.4, 0.5) is 13.2 Å². The number of aromatic nitrogens is 1. The Morgan fingerprint density at radius 1 is 1.10 bits per heavy atom. The van der Waals surface area contributed by atoms with Gasteiger partial charge in [0.1, 0.15) is 0 Å². The molecule has 2 aromatic rings. The summed E-state index contributed by atoms with van der Waals surface area (Å²) in [6, 6.07) is 11.2. The van der Waals surface area contributed by atoms with Gasteiger partial charge in [-0.05, 0) is 61.9 Å². The van der Waals surface area contributed by atoms with E-state index in [-0.39, 0.29) is 30.3 Å². The molecule has 2 heterocycles. The fraction of sp³-hybridized carbons (Fsp3) is 0.500. The predicted molar refractivity (Wildman–Crippen MR) is 112 cm³/mol. The molecule has 1 aromatic heterocycles. The Bertz CT molecular complexity index is 883. The van der Waals surface area contributed by atoms with E-state index in [0.717, 1.165) is 50.4 Å². The van der Waals surface area contributed by atoms with Crippen molar-refractivity contribution in [1.29, 1.82) is 0 Å². The molecule has 0 unspecified atom stereocenters. The molecule has 2 atom stereocenters. The first-order valence-corrected chi connectivity index (χ1v) is 11.0. The summed E-state index contributed by atoms with van der Waals surface area (Å²) in [4.78, 5) is 19.3. The van der Waals surface area contributed by atoms with Crippen LogP contribution in [0.2, 0.25) is 0 Å². The number of benzene rings is 1. The van der Waals surface area contributed by atoms with Gasteiger partial charge in [-0.1, -0.05) is 30.7 Å². The van der Waals surface area contributed by atoms with Gasteiger partial charge in [0, 0.05) is 25.2 Å². The number of likely N-dealkylation sites (tertiary alicyclic amines) is 1. The van der Waals surface area contributed by atoms with Crippen LogP contribution < -0.4 is 5.32 Å². The van der Waals surface area contributed by atoms with E-state index in [0.29, 0.717) is 12.1 Å². The SMILES string of the molecule is O=C(N[C@H](c1ccccn1)[C@@H]1CCCN(Cc2ccccc2C(F)(F)F)C1)C1CCC1. The minimum atomic E-state index is -4.36. The normalized spacial score (nSPS) is 21.3. The lowest BCUT2D eigenvalue weighted by atomic mass is 9.83. The van der Waals surface area contributed by atoms with Crippen LogP contribution in [0.5, 0.6) is 0 Å². The van der Waals surface area contributed by atoms with Crippen LogP contribution in [0.1, 0.15) is 55.0 Å². The average Bonchev–Trinajstić information content (AvgIpc) is 2.71. The average molecular weight is 432 g/mol. The molecule has 4 nitrogen and oxygen atoms in total. The zero-order valence-electron chi connectivity index (χ0n) is 17.4. The molecular weight excluding hydrogens is 403 g/mol. The maximum Gasteiger partial charge on any atom is 0.416 e. The van der Waals surface area contributed by atoms with Crippen molar-refractivity contribution >= 4 is 5.91 Å². The van der Waals surface area contributed by atoms with Crippen molar-refractivity contribution in [3.8, 4) is 0 Å². The molecule has 1 aliphatic carbocycles. The van der Waals surface area contributed by atoms with Crippen LogP contribution in [0.15, 0.2) is 48.7 Å². The van der Waals surface area contributed by atoms with E-state index in [1.807, 2.05) is 18.2 Å². The maximum absolute atomic E-state index is 13.4. The van der Waals surface area contributed by atoms with Crippen LogP contribution in [0.25, 0.3) is 0 Å². The van der Waals surface area contributed by atoms with Crippen LogP contribution in [0.3, 0.4) is 0 Å². The van der Waals surface area contributed by atoms with Crippen molar-refractivity contribution in [2.24, 2.45) is 11.8 Å². The van der Waals surface area contributed by atoms with E-state index in [1.54, 1.807) is 18.3 Å². The molecule has 1 N–H and O–H groups in total. The number of carbonyl (C=O) groups excluding carboxylic acids is 1. The Labute approximate surface area is 180 Å². The highest BCUT2D eigenvalue weighted by Gasteiger charge is 2.36. The van der Waals surface area contributed by atoms with Crippen molar-refractivity contribution in [3.05, 3.63) is 65.5 Å². The van der Waals surface area contributed by atoms with Gasteiger partial charge in [-0.3, -0.25) is 14.7 Å². The largest absolute Gasteiger partial charge is 0.416 e. The molecule has 2 aliphatic rings. The number of carbonyl (C=O) groups is 1. The third kappa shape index (κ3) is 5.26. The third-order valence-corrected chi connectivity index (χ3v) is 6.51. The van der Waals surface area contributed by atoms with Crippen molar-refractivity contribution in [1.82, 2.24) is 15.2 Å². The summed E-state index contributed by atoms with van der Waals surface area (Å²) >= 11 is 0. The Balaban J connectivity index is 1.50. The van der Waals surface area contributed by atoms with Crippen molar-refractivity contribution in [2.75, 3.05) is 13.1 Å². The maximum atomic E-state index is 13.4. The minimum absolute atomic E-state index is 0.0708. The first-order chi connectivity index (χ1) is 14.9. The monoisotopic (exact) mass is 431 g/mol. The third-order valence-electron chi connectivity index (χ3n) is 6.51. The number of pyridine rings is 1. The minimum Gasteiger partial charge on any atom is -0.347 e. The molecule has 166 valence electrons. The molecule has 7 heteroatoms. The van der Waals surface area contributed by atoms with Crippen molar-refractivity contribution in [2.45, 2.75) is 50.9 Å². The molecule has 0 bridgehead atoms. The summed E-state index contributed by atoms with van der Waals surface area (Å²) in [6.07, 6.45) is 2.07. The number of nitrogens with zero attached hydrogens (tertiary/aromatic N) is 2. The molecule has 1 aromatic carbocycles. The molecule has 2 fully saturated rings. The first-order valence-electron chi connectivity index (χ1n) is 11.0. The molecule has 0 radical (unpaired) electrons. The molecular formula is C24H28F3N3O. The van der Waals surface area contributed by atoms with Gasteiger partial charge < -0.3 is 5.32 Å². The van der Waals surface area contributed by atoms with Crippen molar-refractivity contribution < 1.29 is 18.0 Å². The van der Waals surface area contributed by atoms with Crippen LogP contribution >= 0.6 is 0 Å². The summed E-state index contributed by atoms with van der Waals surface area (Å²) < 4.78 is 40.2. The van der Waals surface area contributed by atoms with Crippen molar-refractivity contribution in [3.63, 3.8) is 0 Å². The summed E-state index contributed by atoms with van der Waals surface area (Å²) in [5, 5.41) is 3.22. The molecule has 1 saturated carbocycles. The molecule has 4 rings (SSSR count). The van der Waals surface area contributed by atoms with E-state index >= 15 is 0 Å². The van der Waals surface area contributed by atoms with E-state index < -0.39 is 11.7 Å². The van der Waals surface area contributed by atoms with E-state index in [2.05, 4.69) is 15.2 Å². The van der Waals surface area contributed by atoms with Gasteiger partial charge in [-0.2, -0.15) is 13.2 Å². The molecule has 1 amide bonds. The number of amides is 1. The lowest BCUT2D eigenvalue weighted by Gasteiger charge is -2.38. The number of nitrogens with one attached hydrogen (secondary N) is 1. The molecule has 1 saturated heterocycles. The zero-order valence-corrected chi connectivity index (χ0v) is 17.4. The summed E-state index contributed by atoms with van der Waals surface area (Å²) in [6.45, 7) is 1.62. The quantitative estimate of drug-likeness (QED) is 0.702. The van der Waals surface area contributed by atoms with E-state index in [4.69, 9.17) is 0 Å². The molecule has 1 aliphatic heterocycles. The standard InChI is InChI=1S/C24H28F3N3O/c25-24(26,27)20-11-2-1-7-18(20)15-30-14-6-10-19(16-30)22(21-12-3-4-13-28-21)29-23(31)17-8-5-9-17/h1-4,7,11-13,17,19,22H,5-6,8-10,14-16H2,(H,29,31)/t19-,22+/m1/s1. The summed E-state index contributed by atoms with van der Waals surface area (Å²) in [7, 11) is 0. The second-order valence-electron chi connectivity index (χ2n) is 8.66. The lowest BCUT2D eigenvalue weighted by Crippen LogP contribution is -2.45. The molecule has 31 heavy (non-hydrogen) atoms. The van der Waals surface area contributed by atoms with Gasteiger partial charge in [-0.15, -0.1) is 0 Å². The number of hydrogen-bond acceptors (Lipinski definition) is 3. The van der Waals surface area contributed by atoms with Gasteiger partial charge in [0.05, 0.1) is 17.3 Å². The number of alkyl halides is 3. The summed E-state index contributed by atoms with van der Waals surface area (Å²) in [5.74, 6) is 0.247. The second-order valence-corrected chi connectivity index (χ2v) is 8.66. The number of hydrogen-bond donors (Lipinski definition) is 1. The first kappa shape index (κ1) is 21.8. The zero-order chi connectivity index (χ0) is 21.8. The second kappa shape index (κ2) is 9.39. The van der Waals surface area contributed by atoms with E-state index in [9.17, 15) is 18.0 Å². The number of piperidine rings is 1. The Morgan fingerprint density at radius 3 is 2.55 bits per heavy atom. The van der Waals surface area contributed by atoms with Gasteiger partial charge in [-0.25, -0.2) is 0 Å². The summed E-state index contributed by atoms with van der Waals surface area (Å²) in [5.41, 5.74) is 0.540. The lowest BCUT2D eigenvalue weighted by molar-refractivity contribution is -0.138. The fourth-order valence-corrected chi connectivity index (χ4v) is 4.62. The van der Waals surface area contributed by atoms with Gasteiger partial charge in [0.25, 0.3) is 0 Å². The highest BCUT2D eigenvalue weighted by Crippen LogP contribution is 2.35. The van der Waals surface area contributed by atoms with E-state index in [1.165, 1.54) is 6.07 Å². The van der Waals surface area contributed by atoms with Crippen LogP contribution in [-0.2, 0) is 17.5 Å². The highest BCUT2D eigenvalue weighted by molar-refractivity contribution is 5.79. The smallest absolute Gasteiger partial charge is 0.347 e. The topological polar surface area (TPSA) is 45.2 Å². The van der Waals surface area contributed by atoms with Crippen LogP contribution in [0, 0.1) is 11.8 Å². The van der Waals surface area contributed by atoms with Gasteiger partial charge in [0.15, 0.2) is 0 Å². The van der Waals surface area contributed by atoms with Gasteiger partial charge >= 0.3 is 6.18 Å². The predicted octanol–water partition coefficient (Wildman–Crippen LogP) is 4.97. The Kier molecular flexibility index (Phi) is 6.60. The highest BCUT2D eigenvalue weighted by atomic mass is 19.4. The van der Waals surface area contributed by atoms with Gasteiger partial charge in [0.2, 0.25) is 5.91 Å². The van der Waals surface area contributed by atoms with Crippen LogP contribution in [-0.4, -0.2) is 28.9 Å². The Hall–Kier alpha value is -2.41. The molecule has 0 spiro atoms. The number of halogens is 3. The number of rotatable bonds is 6.